The maximum Gasteiger partial charge on any atom is 0.450 e. The average Bonchev–Trinajstić information content (AvgIpc) is 3.34. The molecule has 0 aliphatic carbocycles. The van der Waals surface area contributed by atoms with Crippen LogP contribution in [0.4, 0.5) is 24.5 Å². The lowest BCUT2D eigenvalue weighted by Gasteiger charge is -2.22. The quantitative estimate of drug-likeness (QED) is 0.440. The second-order valence-corrected chi connectivity index (χ2v) is 7.47. The van der Waals surface area contributed by atoms with E-state index in [0.717, 1.165) is 11.3 Å². The van der Waals surface area contributed by atoms with Crippen LogP contribution < -0.4 is 10.2 Å². The molecule has 3 aromatic heterocycles. The largest absolute Gasteiger partial charge is 0.450 e. The van der Waals surface area contributed by atoms with Crippen LogP contribution in [0.2, 0.25) is 0 Å². The molecular formula is C18H16F2N6O3S. The molecule has 0 atom stereocenters. The summed E-state index contributed by atoms with van der Waals surface area (Å²) in [5.74, 6) is -0.447. The summed E-state index contributed by atoms with van der Waals surface area (Å²) in [5.41, 5.74) is 2.71. The number of H-pyrrole nitrogens is 1. The van der Waals surface area contributed by atoms with Gasteiger partial charge in [0.05, 0.1) is 29.7 Å². The Hall–Kier alpha value is -3.38. The fourth-order valence-electron chi connectivity index (χ4n) is 3.32. The summed E-state index contributed by atoms with van der Waals surface area (Å²) in [6.45, 7) is 1.78. The van der Waals surface area contributed by atoms with Gasteiger partial charge in [0.15, 0.2) is 10.9 Å². The minimum Gasteiger partial charge on any atom is -0.395 e. The zero-order chi connectivity index (χ0) is 21.4. The Morgan fingerprint density at radius 2 is 2.20 bits per heavy atom. The van der Waals surface area contributed by atoms with Crippen molar-refractivity contribution in [2.75, 3.05) is 30.4 Å². The van der Waals surface area contributed by atoms with Crippen molar-refractivity contribution in [3.63, 3.8) is 0 Å². The maximum absolute atomic E-state index is 15.3. The second-order valence-electron chi connectivity index (χ2n) is 6.50. The Morgan fingerprint density at radius 3 is 2.93 bits per heavy atom. The van der Waals surface area contributed by atoms with Crippen LogP contribution in [0.5, 0.6) is 0 Å². The summed E-state index contributed by atoms with van der Waals surface area (Å²) in [5, 5.41) is 19.1. The molecule has 0 saturated heterocycles. The molecule has 1 amide bonds. The standard InChI is InChI=1S/C18H16F2N6O3S/c1-8-12(9-7-21-25-14(9)15(13(8)19)26(2)5-6-27)10-3-4-11-16(22-10)30-17(23-11)24-18(28)29-20/h3-4,7,27H,5-6H2,1-2H3,(H,21,25)(H,23,24,28). The van der Waals surface area contributed by atoms with Gasteiger partial charge in [-0.2, -0.15) is 5.10 Å². The lowest BCUT2D eigenvalue weighted by molar-refractivity contribution is -0.0544. The van der Waals surface area contributed by atoms with Gasteiger partial charge in [0.25, 0.3) is 0 Å². The number of hydrogen-bond acceptors (Lipinski definition) is 8. The van der Waals surface area contributed by atoms with Crippen molar-refractivity contribution in [2.24, 2.45) is 0 Å². The molecule has 12 heteroatoms. The molecule has 9 nitrogen and oxygen atoms in total. The number of benzene rings is 1. The summed E-state index contributed by atoms with van der Waals surface area (Å²) < 4.78 is 27.3. The van der Waals surface area contributed by atoms with E-state index in [0.29, 0.717) is 43.8 Å². The minimum atomic E-state index is -1.28. The summed E-state index contributed by atoms with van der Waals surface area (Å²) in [6.07, 6.45) is 0.311. The van der Waals surface area contributed by atoms with E-state index in [1.165, 1.54) is 0 Å². The molecule has 156 valence electrons. The van der Waals surface area contributed by atoms with E-state index in [2.05, 4.69) is 30.4 Å². The summed E-state index contributed by atoms with van der Waals surface area (Å²) in [4.78, 5) is 24.9. The lowest BCUT2D eigenvalue weighted by atomic mass is 9.98. The van der Waals surface area contributed by atoms with E-state index in [4.69, 9.17) is 0 Å². The summed E-state index contributed by atoms with van der Waals surface area (Å²) in [7, 11) is 1.69. The first kappa shape index (κ1) is 19.9. The molecular weight excluding hydrogens is 418 g/mol. The molecule has 0 unspecified atom stereocenters. The smallest absolute Gasteiger partial charge is 0.395 e. The Labute approximate surface area is 172 Å². The van der Waals surface area contributed by atoms with Gasteiger partial charge in [-0.1, -0.05) is 11.3 Å². The fourth-order valence-corrected chi connectivity index (χ4v) is 4.15. The first-order valence-electron chi connectivity index (χ1n) is 8.79. The van der Waals surface area contributed by atoms with Gasteiger partial charge in [0, 0.05) is 29.1 Å². The molecule has 3 heterocycles. The van der Waals surface area contributed by atoms with Crippen LogP contribution in [-0.4, -0.2) is 51.6 Å². The van der Waals surface area contributed by atoms with Crippen LogP contribution in [0.3, 0.4) is 0 Å². The Balaban J connectivity index is 1.86. The van der Waals surface area contributed by atoms with Crippen LogP contribution in [-0.2, 0) is 4.94 Å². The van der Waals surface area contributed by atoms with Crippen molar-refractivity contribution in [1.29, 1.82) is 0 Å². The number of halogens is 2. The second kappa shape index (κ2) is 7.80. The number of aliphatic hydroxyl groups is 1. The Bertz CT molecular complexity index is 1260. The number of fused-ring (bicyclic) bond motifs is 2. The molecule has 0 spiro atoms. The van der Waals surface area contributed by atoms with E-state index in [-0.39, 0.29) is 18.3 Å². The summed E-state index contributed by atoms with van der Waals surface area (Å²) in [6, 6.07) is 3.36. The number of carbonyl (C=O) groups is 1. The van der Waals surface area contributed by atoms with E-state index < -0.39 is 11.9 Å². The molecule has 3 N–H and O–H groups in total. The minimum absolute atomic E-state index is 0.120. The highest BCUT2D eigenvalue weighted by Gasteiger charge is 2.23. The molecule has 0 saturated carbocycles. The highest BCUT2D eigenvalue weighted by atomic mass is 32.1. The van der Waals surface area contributed by atoms with Gasteiger partial charge in [0.2, 0.25) is 0 Å². The number of pyridine rings is 1. The van der Waals surface area contributed by atoms with Crippen molar-refractivity contribution >= 4 is 49.5 Å². The van der Waals surface area contributed by atoms with Gasteiger partial charge < -0.3 is 10.0 Å². The van der Waals surface area contributed by atoms with Crippen LogP contribution >= 0.6 is 11.3 Å². The van der Waals surface area contributed by atoms with E-state index >= 15 is 4.39 Å². The molecule has 0 aliphatic heterocycles. The van der Waals surface area contributed by atoms with E-state index in [1.807, 2.05) is 0 Å². The number of hydrogen-bond donors (Lipinski definition) is 3. The third-order valence-electron chi connectivity index (χ3n) is 4.67. The fraction of sp³-hybridized carbons (Fsp3) is 0.222. The highest BCUT2D eigenvalue weighted by molar-refractivity contribution is 7.21. The Kier molecular flexibility index (Phi) is 5.18. The number of anilines is 2. The first-order chi connectivity index (χ1) is 14.4. The topological polar surface area (TPSA) is 116 Å². The number of rotatable bonds is 5. The van der Waals surface area contributed by atoms with Crippen molar-refractivity contribution in [3.8, 4) is 11.3 Å². The van der Waals surface area contributed by atoms with Gasteiger partial charge in [0.1, 0.15) is 10.3 Å². The zero-order valence-electron chi connectivity index (χ0n) is 15.9. The monoisotopic (exact) mass is 434 g/mol. The van der Waals surface area contributed by atoms with Gasteiger partial charge in [-0.25, -0.2) is 24.1 Å². The zero-order valence-corrected chi connectivity index (χ0v) is 16.7. The lowest BCUT2D eigenvalue weighted by Crippen LogP contribution is -2.23. The molecule has 0 fully saturated rings. The van der Waals surface area contributed by atoms with Gasteiger partial charge >= 0.3 is 6.09 Å². The van der Waals surface area contributed by atoms with E-state index in [9.17, 15) is 14.4 Å². The number of carbonyl (C=O) groups excluding carboxylic acids is 1. The number of aromatic nitrogens is 4. The van der Waals surface area contributed by atoms with Crippen LogP contribution in [0.15, 0.2) is 18.3 Å². The van der Waals surface area contributed by atoms with Crippen LogP contribution in [0.25, 0.3) is 32.5 Å². The molecule has 4 aromatic rings. The maximum atomic E-state index is 15.3. The number of aromatic amines is 1. The predicted molar refractivity (Wildman–Crippen MR) is 109 cm³/mol. The number of thiazole rings is 1. The summed E-state index contributed by atoms with van der Waals surface area (Å²) >= 11 is 1.03. The molecule has 4 rings (SSSR count). The number of nitrogens with zero attached hydrogens (tertiary/aromatic N) is 4. The number of nitrogens with one attached hydrogen (secondary N) is 2. The number of amides is 1. The normalized spacial score (nSPS) is 11.2. The third kappa shape index (κ3) is 3.29. The van der Waals surface area contributed by atoms with Crippen LogP contribution in [0.1, 0.15) is 5.56 Å². The first-order valence-corrected chi connectivity index (χ1v) is 9.61. The number of aliphatic hydroxyl groups excluding tert-OH is 1. The third-order valence-corrected chi connectivity index (χ3v) is 5.55. The van der Waals surface area contributed by atoms with Crippen molar-refractivity contribution in [2.45, 2.75) is 6.92 Å². The predicted octanol–water partition coefficient (Wildman–Crippen LogP) is 3.54. The van der Waals surface area contributed by atoms with Crippen molar-refractivity contribution < 1.29 is 23.8 Å². The molecule has 0 bridgehead atoms. The molecule has 0 radical (unpaired) electrons. The molecule has 1 aromatic carbocycles. The Morgan fingerprint density at radius 1 is 1.40 bits per heavy atom. The molecule has 0 aliphatic rings. The van der Waals surface area contributed by atoms with Crippen LogP contribution in [0, 0.1) is 12.7 Å². The van der Waals surface area contributed by atoms with Gasteiger partial charge in [-0.3, -0.25) is 10.4 Å². The van der Waals surface area contributed by atoms with Crippen molar-refractivity contribution in [3.05, 3.63) is 29.7 Å². The average molecular weight is 434 g/mol. The highest BCUT2D eigenvalue weighted by Crippen LogP contribution is 2.39. The molecule has 30 heavy (non-hydrogen) atoms. The van der Waals surface area contributed by atoms with Gasteiger partial charge in [-0.05, 0) is 24.6 Å². The van der Waals surface area contributed by atoms with E-state index in [1.54, 1.807) is 37.2 Å². The number of likely N-dealkylation sites (N-methyl/N-ethyl adjacent to an activating group) is 1. The SMILES string of the molecule is Cc1c(F)c(N(C)CCO)c2[nH]ncc2c1-c1ccc2nc(NC(=O)OF)sc2n1. The van der Waals surface area contributed by atoms with Crippen molar-refractivity contribution in [1.82, 2.24) is 20.2 Å². The van der Waals surface area contributed by atoms with Gasteiger partial charge in [-0.15, -0.1) is 0 Å².